The molecule has 0 atom stereocenters. The predicted octanol–water partition coefficient (Wildman–Crippen LogP) is 2.69. The van der Waals surface area contributed by atoms with Crippen LogP contribution >= 0.6 is 0 Å². The van der Waals surface area contributed by atoms with Crippen LogP contribution in [0.2, 0.25) is 0 Å². The minimum Gasteiger partial charge on any atom is -0.462 e. The molecule has 0 bridgehead atoms. The first-order chi connectivity index (χ1) is 5.86. The average Bonchev–Trinajstić information content (AvgIpc) is 2.48. The molecule has 0 spiro atoms. The molecule has 1 aliphatic rings. The Morgan fingerprint density at radius 1 is 1.42 bits per heavy atom. The summed E-state index contributed by atoms with van der Waals surface area (Å²) in [6.45, 7) is 6.86. The number of fused-ring (bicyclic) bond motifs is 1. The maximum absolute atomic E-state index is 5.38. The molecule has 66 valence electrons. The molecule has 2 rings (SSSR count). The van der Waals surface area contributed by atoms with Gasteiger partial charge in [0, 0.05) is 18.3 Å². The predicted molar refractivity (Wildman–Crippen MR) is 50.7 cm³/mol. The van der Waals surface area contributed by atoms with Gasteiger partial charge in [0.05, 0.1) is 0 Å². The van der Waals surface area contributed by atoms with Crippen LogP contribution in [0.25, 0.3) is 6.08 Å². The molecule has 1 N–H and O–H groups in total. The van der Waals surface area contributed by atoms with Gasteiger partial charge in [0.25, 0.3) is 0 Å². The molecule has 0 saturated heterocycles. The molecule has 1 aromatic rings. The summed E-state index contributed by atoms with van der Waals surface area (Å²) >= 11 is 0. The molecule has 0 aromatic carbocycles. The van der Waals surface area contributed by atoms with Gasteiger partial charge in [0.1, 0.15) is 11.5 Å². The highest BCUT2D eigenvalue weighted by Gasteiger charge is 2.07. The summed E-state index contributed by atoms with van der Waals surface area (Å²) in [5.74, 6) is 1.98. The Morgan fingerprint density at radius 2 is 2.17 bits per heavy atom. The minimum atomic E-state index is 0.892. The molecule has 0 radical (unpaired) electrons. The number of hydrogen-bond acceptors (Lipinski definition) is 2. The summed E-state index contributed by atoms with van der Waals surface area (Å²) in [4.78, 5) is 0. The van der Waals surface area contributed by atoms with E-state index in [1.54, 1.807) is 0 Å². The van der Waals surface area contributed by atoms with Crippen molar-refractivity contribution in [3.63, 3.8) is 0 Å². The Labute approximate surface area is 73.3 Å². The molecule has 0 fully saturated rings. The van der Waals surface area contributed by atoms with Crippen LogP contribution in [0, 0.1) is 6.92 Å². The van der Waals surface area contributed by atoms with Gasteiger partial charge < -0.3 is 9.73 Å². The van der Waals surface area contributed by atoms with Crippen LogP contribution in [0.3, 0.4) is 0 Å². The van der Waals surface area contributed by atoms with E-state index in [0.717, 1.165) is 18.1 Å². The topological polar surface area (TPSA) is 25.2 Å². The van der Waals surface area contributed by atoms with E-state index < -0.39 is 0 Å². The Balaban J connectivity index is 0.000000336. The summed E-state index contributed by atoms with van der Waals surface area (Å²) in [7, 11) is 0. The first-order valence-electron chi connectivity index (χ1n) is 4.35. The zero-order chi connectivity index (χ0) is 8.97. The maximum atomic E-state index is 5.38. The number of furan rings is 1. The van der Waals surface area contributed by atoms with E-state index in [4.69, 9.17) is 4.42 Å². The first-order valence-corrected chi connectivity index (χ1v) is 4.35. The fourth-order valence-electron chi connectivity index (χ4n) is 1.17. The molecule has 0 unspecified atom stereocenters. The van der Waals surface area contributed by atoms with Crippen LogP contribution in [0.5, 0.6) is 0 Å². The van der Waals surface area contributed by atoms with Crippen LogP contribution < -0.4 is 5.32 Å². The van der Waals surface area contributed by atoms with E-state index >= 15 is 0 Å². The molecule has 12 heavy (non-hydrogen) atoms. The van der Waals surface area contributed by atoms with Crippen molar-refractivity contribution in [3.05, 3.63) is 29.4 Å². The summed E-state index contributed by atoms with van der Waals surface area (Å²) in [5.41, 5.74) is 1.25. The molecule has 2 nitrogen and oxygen atoms in total. The summed E-state index contributed by atoms with van der Waals surface area (Å²) in [6.07, 6.45) is 3.86. The van der Waals surface area contributed by atoms with Crippen LogP contribution in [0.4, 0.5) is 0 Å². The van der Waals surface area contributed by atoms with Crippen molar-refractivity contribution in [1.29, 1.82) is 0 Å². The minimum absolute atomic E-state index is 0.892. The van der Waals surface area contributed by atoms with Gasteiger partial charge in [-0.25, -0.2) is 0 Å². The largest absolute Gasteiger partial charge is 0.462 e. The summed E-state index contributed by atoms with van der Waals surface area (Å²) in [6, 6.07) is 2.06. The van der Waals surface area contributed by atoms with E-state index in [-0.39, 0.29) is 0 Å². The van der Waals surface area contributed by atoms with Gasteiger partial charge in [-0.05, 0) is 19.1 Å². The summed E-state index contributed by atoms with van der Waals surface area (Å²) < 4.78 is 5.38. The normalized spacial score (nSPS) is 12.6. The zero-order valence-corrected chi connectivity index (χ0v) is 7.85. The molecule has 2 heterocycles. The molecule has 0 aliphatic carbocycles. The molecule has 2 heteroatoms. The van der Waals surface area contributed by atoms with E-state index in [0.29, 0.717) is 0 Å². The molecule has 1 aromatic heterocycles. The van der Waals surface area contributed by atoms with E-state index in [1.165, 1.54) is 5.56 Å². The number of rotatable bonds is 0. The highest BCUT2D eigenvalue weighted by Crippen LogP contribution is 2.18. The van der Waals surface area contributed by atoms with Gasteiger partial charge in [-0.3, -0.25) is 0 Å². The van der Waals surface area contributed by atoms with Gasteiger partial charge in [0.2, 0.25) is 0 Å². The average molecular weight is 165 g/mol. The van der Waals surface area contributed by atoms with Gasteiger partial charge in [-0.2, -0.15) is 0 Å². The van der Waals surface area contributed by atoms with Crippen LogP contribution in [0.15, 0.2) is 16.7 Å². The smallest absolute Gasteiger partial charge is 0.133 e. The lowest BCUT2D eigenvalue weighted by atomic mass is 10.2. The fraction of sp³-hybridized carbons (Fsp3) is 0.400. The van der Waals surface area contributed by atoms with Crippen molar-refractivity contribution in [3.8, 4) is 0 Å². The lowest BCUT2D eigenvalue weighted by Gasteiger charge is -2.03. The van der Waals surface area contributed by atoms with Gasteiger partial charge in [0.15, 0.2) is 0 Å². The second kappa shape index (κ2) is 4.00. The zero-order valence-electron chi connectivity index (χ0n) is 7.85. The second-order valence-corrected chi connectivity index (χ2v) is 2.46. The third-order valence-electron chi connectivity index (χ3n) is 1.61. The number of aryl methyl sites for hydroxylation is 1. The highest BCUT2D eigenvalue weighted by molar-refractivity contribution is 5.50. The standard InChI is InChI=1S/C8H9NO.C2H6/c1-6-4-7-5-9-3-2-8(7)10-6;1-2/h2-4,9H,5H2,1H3;1-2H3. The third kappa shape index (κ3) is 1.70. The van der Waals surface area contributed by atoms with Crippen molar-refractivity contribution in [2.75, 3.05) is 0 Å². The Hall–Kier alpha value is -1.18. The lowest BCUT2D eigenvalue weighted by Crippen LogP contribution is -2.07. The van der Waals surface area contributed by atoms with Gasteiger partial charge in [-0.1, -0.05) is 13.8 Å². The molecule has 0 amide bonds. The summed E-state index contributed by atoms with van der Waals surface area (Å²) in [5, 5.41) is 3.11. The maximum Gasteiger partial charge on any atom is 0.133 e. The monoisotopic (exact) mass is 165 g/mol. The Bertz CT molecular complexity index is 273. The SMILES string of the molecule is CC.Cc1cc2c(o1)C=CNC2. The van der Waals surface area contributed by atoms with Crippen LogP contribution in [-0.2, 0) is 6.54 Å². The molecule has 1 aliphatic heterocycles. The van der Waals surface area contributed by atoms with Gasteiger partial charge in [-0.15, -0.1) is 0 Å². The van der Waals surface area contributed by atoms with Crippen molar-refractivity contribution >= 4 is 6.08 Å². The number of nitrogens with one attached hydrogen (secondary N) is 1. The fourth-order valence-corrected chi connectivity index (χ4v) is 1.17. The van der Waals surface area contributed by atoms with E-state index in [1.807, 2.05) is 33.0 Å². The highest BCUT2D eigenvalue weighted by atomic mass is 16.3. The van der Waals surface area contributed by atoms with Crippen LogP contribution in [0.1, 0.15) is 30.9 Å². The first kappa shape index (κ1) is 8.91. The van der Waals surface area contributed by atoms with Crippen molar-refractivity contribution in [2.24, 2.45) is 0 Å². The molecular formula is C10H15NO. The number of hydrogen-bond donors (Lipinski definition) is 1. The lowest BCUT2D eigenvalue weighted by molar-refractivity contribution is 0.519. The Morgan fingerprint density at radius 3 is 2.83 bits per heavy atom. The third-order valence-corrected chi connectivity index (χ3v) is 1.61. The molecular weight excluding hydrogens is 150 g/mol. The van der Waals surface area contributed by atoms with Crippen molar-refractivity contribution in [2.45, 2.75) is 27.3 Å². The van der Waals surface area contributed by atoms with Crippen molar-refractivity contribution in [1.82, 2.24) is 5.32 Å². The van der Waals surface area contributed by atoms with Crippen molar-refractivity contribution < 1.29 is 4.42 Å². The van der Waals surface area contributed by atoms with Crippen LogP contribution in [-0.4, -0.2) is 0 Å². The Kier molecular flexibility index (Phi) is 2.97. The quantitative estimate of drug-likeness (QED) is 0.639. The van der Waals surface area contributed by atoms with E-state index in [2.05, 4.69) is 11.4 Å². The van der Waals surface area contributed by atoms with Gasteiger partial charge >= 0.3 is 0 Å². The van der Waals surface area contributed by atoms with E-state index in [9.17, 15) is 0 Å². The molecule has 0 saturated carbocycles. The second-order valence-electron chi connectivity index (χ2n) is 2.46.